The van der Waals surface area contributed by atoms with Gasteiger partial charge in [0, 0.05) is 11.4 Å². The highest BCUT2D eigenvalue weighted by molar-refractivity contribution is 7.18. The first-order valence-electron chi connectivity index (χ1n) is 8.47. The van der Waals surface area contributed by atoms with Gasteiger partial charge in [0.2, 0.25) is 0 Å². The summed E-state index contributed by atoms with van der Waals surface area (Å²) in [5.41, 5.74) is 1.31. The number of anilines is 1. The highest BCUT2D eigenvalue weighted by Crippen LogP contribution is 2.37. The molecule has 1 unspecified atom stereocenters. The lowest BCUT2D eigenvalue weighted by atomic mass is 10.0. The Balaban J connectivity index is 1.79. The molecule has 0 saturated carbocycles. The number of rotatable bonds is 3. The summed E-state index contributed by atoms with van der Waals surface area (Å²) in [7, 11) is 0. The van der Waals surface area contributed by atoms with Crippen LogP contribution in [0.15, 0.2) is 12.7 Å². The van der Waals surface area contributed by atoms with E-state index in [1.54, 1.807) is 24.0 Å². The monoisotopic (exact) mass is 342 g/mol. The van der Waals surface area contributed by atoms with Crippen LogP contribution < -0.4 is 4.90 Å². The Morgan fingerprint density at radius 2 is 2.08 bits per heavy atom. The van der Waals surface area contributed by atoms with Crippen molar-refractivity contribution in [3.8, 4) is 0 Å². The zero-order chi connectivity index (χ0) is 16.7. The fourth-order valence-electron chi connectivity index (χ4n) is 3.55. The zero-order valence-electron chi connectivity index (χ0n) is 14.4. The molecule has 0 aliphatic carbocycles. The minimum Gasteiger partial charge on any atom is -0.351 e. The Morgan fingerprint density at radius 1 is 1.21 bits per heavy atom. The molecule has 4 rings (SSSR count). The van der Waals surface area contributed by atoms with Crippen molar-refractivity contribution in [3.05, 3.63) is 28.9 Å². The maximum absolute atomic E-state index is 4.85. The first kappa shape index (κ1) is 15.5. The van der Waals surface area contributed by atoms with Crippen molar-refractivity contribution in [2.75, 3.05) is 11.4 Å². The van der Waals surface area contributed by atoms with Crippen LogP contribution in [0, 0.1) is 20.8 Å². The summed E-state index contributed by atoms with van der Waals surface area (Å²) in [5.74, 6) is 1.95. The topological polar surface area (TPSA) is 59.7 Å². The van der Waals surface area contributed by atoms with E-state index in [2.05, 4.69) is 33.8 Å². The quantitative estimate of drug-likeness (QED) is 0.731. The summed E-state index contributed by atoms with van der Waals surface area (Å²) >= 11 is 1.77. The fourth-order valence-corrected chi connectivity index (χ4v) is 4.62. The van der Waals surface area contributed by atoms with Crippen molar-refractivity contribution in [1.29, 1.82) is 0 Å². The van der Waals surface area contributed by atoms with Gasteiger partial charge in [-0.25, -0.2) is 15.0 Å². The molecule has 3 aromatic heterocycles. The van der Waals surface area contributed by atoms with Crippen LogP contribution in [0.4, 0.5) is 5.82 Å². The largest absolute Gasteiger partial charge is 0.351 e. The molecule has 0 N–H and O–H groups in total. The third-order valence-electron chi connectivity index (χ3n) is 4.88. The maximum Gasteiger partial charge on any atom is 0.141 e. The van der Waals surface area contributed by atoms with E-state index in [1.165, 1.54) is 28.7 Å². The maximum atomic E-state index is 4.85. The fraction of sp³-hybridized carbons (Fsp3) is 0.529. The first-order chi connectivity index (χ1) is 11.6. The van der Waals surface area contributed by atoms with Crippen LogP contribution in [0.5, 0.6) is 0 Å². The van der Waals surface area contributed by atoms with Gasteiger partial charge in [-0.1, -0.05) is 0 Å². The molecule has 0 spiro atoms. The Bertz CT molecular complexity index is 854. The van der Waals surface area contributed by atoms with Crippen LogP contribution in [-0.2, 0) is 6.54 Å². The van der Waals surface area contributed by atoms with Gasteiger partial charge in [0.25, 0.3) is 0 Å². The van der Waals surface area contributed by atoms with Crippen molar-refractivity contribution in [3.63, 3.8) is 0 Å². The van der Waals surface area contributed by atoms with Gasteiger partial charge in [-0.05, 0) is 45.6 Å². The summed E-state index contributed by atoms with van der Waals surface area (Å²) < 4.78 is 1.93. The first-order valence-corrected chi connectivity index (χ1v) is 9.28. The van der Waals surface area contributed by atoms with Gasteiger partial charge < -0.3 is 4.90 Å². The molecule has 0 aromatic carbocycles. The number of piperidine rings is 1. The van der Waals surface area contributed by atoms with Gasteiger partial charge in [0.05, 0.1) is 18.0 Å². The predicted molar refractivity (Wildman–Crippen MR) is 96.6 cm³/mol. The number of hydrogen-bond acceptors (Lipinski definition) is 6. The van der Waals surface area contributed by atoms with E-state index in [9.17, 15) is 0 Å². The van der Waals surface area contributed by atoms with Crippen molar-refractivity contribution in [2.45, 2.75) is 52.6 Å². The lowest BCUT2D eigenvalue weighted by molar-refractivity contribution is 0.396. The molecule has 0 amide bonds. The second kappa shape index (κ2) is 6.12. The number of aryl methyl sites for hydroxylation is 3. The number of hydrogen-bond donors (Lipinski definition) is 0. The van der Waals surface area contributed by atoms with E-state index in [4.69, 9.17) is 4.98 Å². The minimum absolute atomic E-state index is 0.401. The lowest BCUT2D eigenvalue weighted by Gasteiger charge is -2.37. The summed E-state index contributed by atoms with van der Waals surface area (Å²) in [6.07, 6.45) is 7.03. The molecule has 1 saturated heterocycles. The van der Waals surface area contributed by atoms with Crippen LogP contribution in [0.1, 0.15) is 35.5 Å². The number of nitrogens with zero attached hydrogens (tertiary/aromatic N) is 6. The SMILES string of the molecule is Cc1nc(N2CCCCC2Cn2cncn2)c2c(C)c(C)sc2n1. The predicted octanol–water partition coefficient (Wildman–Crippen LogP) is 3.27. The van der Waals surface area contributed by atoms with Gasteiger partial charge in [-0.3, -0.25) is 4.68 Å². The molecule has 126 valence electrons. The Kier molecular flexibility index (Phi) is 3.96. The Labute approximate surface area is 145 Å². The van der Waals surface area contributed by atoms with Crippen LogP contribution >= 0.6 is 11.3 Å². The smallest absolute Gasteiger partial charge is 0.141 e. The van der Waals surface area contributed by atoms with Crippen LogP contribution in [-0.4, -0.2) is 37.3 Å². The second-order valence-corrected chi connectivity index (χ2v) is 7.72. The van der Waals surface area contributed by atoms with E-state index in [1.807, 2.05) is 11.6 Å². The van der Waals surface area contributed by atoms with E-state index in [-0.39, 0.29) is 0 Å². The van der Waals surface area contributed by atoms with Crippen LogP contribution in [0.25, 0.3) is 10.2 Å². The average Bonchev–Trinajstić information content (AvgIpc) is 3.16. The van der Waals surface area contributed by atoms with Crippen molar-refractivity contribution in [2.24, 2.45) is 0 Å². The second-order valence-electron chi connectivity index (χ2n) is 6.52. The highest BCUT2D eigenvalue weighted by atomic mass is 32.1. The van der Waals surface area contributed by atoms with Crippen LogP contribution in [0.2, 0.25) is 0 Å². The molecule has 1 aliphatic heterocycles. The van der Waals surface area contributed by atoms with Gasteiger partial charge >= 0.3 is 0 Å². The summed E-state index contributed by atoms with van der Waals surface area (Å²) in [4.78, 5) is 18.5. The number of thiophene rings is 1. The van der Waals surface area contributed by atoms with Crippen molar-refractivity contribution in [1.82, 2.24) is 24.7 Å². The zero-order valence-corrected chi connectivity index (χ0v) is 15.2. The van der Waals surface area contributed by atoms with Crippen molar-refractivity contribution >= 4 is 27.4 Å². The van der Waals surface area contributed by atoms with E-state index < -0.39 is 0 Å². The molecule has 1 atom stereocenters. The summed E-state index contributed by atoms with van der Waals surface area (Å²) in [5, 5.41) is 5.52. The molecular formula is C17H22N6S. The van der Waals surface area contributed by atoms with Crippen molar-refractivity contribution < 1.29 is 0 Å². The number of aromatic nitrogens is 5. The molecule has 1 aliphatic rings. The molecule has 24 heavy (non-hydrogen) atoms. The molecular weight excluding hydrogens is 320 g/mol. The van der Waals surface area contributed by atoms with E-state index in [0.29, 0.717) is 6.04 Å². The Morgan fingerprint density at radius 3 is 2.88 bits per heavy atom. The molecule has 3 aromatic rings. The average molecular weight is 342 g/mol. The molecule has 7 heteroatoms. The van der Waals surface area contributed by atoms with Gasteiger partial charge in [0.1, 0.15) is 29.1 Å². The van der Waals surface area contributed by atoms with E-state index in [0.717, 1.165) is 36.0 Å². The summed E-state index contributed by atoms with van der Waals surface area (Å²) in [6, 6.07) is 0.401. The minimum atomic E-state index is 0.401. The molecule has 1 fully saturated rings. The highest BCUT2D eigenvalue weighted by Gasteiger charge is 2.27. The van der Waals surface area contributed by atoms with Crippen LogP contribution in [0.3, 0.4) is 0 Å². The van der Waals surface area contributed by atoms with E-state index >= 15 is 0 Å². The van der Waals surface area contributed by atoms with Gasteiger partial charge in [-0.15, -0.1) is 11.3 Å². The summed E-state index contributed by atoms with van der Waals surface area (Å²) in [6.45, 7) is 8.24. The Hall–Kier alpha value is -2.02. The normalized spacial score (nSPS) is 18.5. The molecule has 0 radical (unpaired) electrons. The molecule has 4 heterocycles. The standard InChI is InChI=1S/C17H22N6S/c1-11-12(2)24-17-15(11)16(20-13(3)21-17)23-7-5-4-6-14(23)8-22-10-18-9-19-22/h9-10,14H,4-8H2,1-3H3. The third-order valence-corrected chi connectivity index (χ3v) is 5.99. The molecule has 0 bridgehead atoms. The van der Waals surface area contributed by atoms with Gasteiger partial charge in [0.15, 0.2) is 0 Å². The molecule has 6 nitrogen and oxygen atoms in total. The van der Waals surface area contributed by atoms with Gasteiger partial charge in [-0.2, -0.15) is 5.10 Å². The third kappa shape index (κ3) is 2.66. The lowest BCUT2D eigenvalue weighted by Crippen LogP contribution is -2.43. The number of fused-ring (bicyclic) bond motifs is 1.